The van der Waals surface area contributed by atoms with Crippen LogP contribution in [0, 0.1) is 0 Å². The minimum absolute atomic E-state index is 0.0241. The summed E-state index contributed by atoms with van der Waals surface area (Å²) in [6.45, 7) is 3.98. The number of hydrogen-bond donors (Lipinski definition) is 2. The normalized spacial score (nSPS) is 12.3. The lowest BCUT2D eigenvalue weighted by Crippen LogP contribution is -2.31. The molecule has 1 atom stereocenters. The number of carboxylic acids is 1. The Bertz CT molecular complexity index is 491. The molecule has 0 radical (unpaired) electrons. The Kier molecular flexibility index (Phi) is 7.23. The first-order valence-electron chi connectivity index (χ1n) is 7.30. The number of carbonyl (C=O) groups excluding carboxylic acids is 1. The summed E-state index contributed by atoms with van der Waals surface area (Å²) in [6, 6.07) is 8.04. The van der Waals surface area contributed by atoms with Gasteiger partial charge >= 0.3 is 5.97 Å². The molecule has 0 aliphatic rings. The fourth-order valence-electron chi connectivity index (χ4n) is 1.96. The van der Waals surface area contributed by atoms with Crippen LogP contribution in [-0.2, 0) is 16.0 Å². The van der Waals surface area contributed by atoms with Crippen molar-refractivity contribution in [3.05, 3.63) is 41.5 Å². The number of benzene rings is 1. The van der Waals surface area contributed by atoms with Crippen molar-refractivity contribution in [1.29, 1.82) is 0 Å². The maximum atomic E-state index is 11.7. The summed E-state index contributed by atoms with van der Waals surface area (Å²) in [7, 11) is 0. The molecule has 2 N–H and O–H groups in total. The molecule has 0 aliphatic heterocycles. The van der Waals surface area contributed by atoms with Crippen molar-refractivity contribution in [3.63, 3.8) is 0 Å². The highest BCUT2D eigenvalue weighted by Crippen LogP contribution is 2.07. The molecule has 21 heavy (non-hydrogen) atoms. The lowest BCUT2D eigenvalue weighted by molar-refractivity contribution is -0.137. The van der Waals surface area contributed by atoms with Crippen LogP contribution >= 0.6 is 0 Å². The second-order valence-electron chi connectivity index (χ2n) is 5.12. The van der Waals surface area contributed by atoms with Gasteiger partial charge < -0.3 is 10.4 Å². The largest absolute Gasteiger partial charge is 0.481 e. The summed E-state index contributed by atoms with van der Waals surface area (Å²) >= 11 is 0. The highest BCUT2D eigenvalue weighted by atomic mass is 16.4. The number of amides is 1. The van der Waals surface area contributed by atoms with Crippen LogP contribution in [0.25, 0.3) is 6.08 Å². The van der Waals surface area contributed by atoms with Gasteiger partial charge in [0.2, 0.25) is 5.91 Å². The molecular weight excluding hydrogens is 266 g/mol. The molecule has 1 aromatic rings. The zero-order valence-corrected chi connectivity index (χ0v) is 12.6. The van der Waals surface area contributed by atoms with E-state index < -0.39 is 5.97 Å². The number of rotatable bonds is 8. The Hall–Kier alpha value is -2.10. The van der Waals surface area contributed by atoms with Gasteiger partial charge in [-0.2, -0.15) is 0 Å². The Balaban J connectivity index is 2.37. The predicted octanol–water partition coefficient (Wildman–Crippen LogP) is 3.02. The van der Waals surface area contributed by atoms with E-state index >= 15 is 0 Å². The molecule has 0 aliphatic carbocycles. The molecule has 4 nitrogen and oxygen atoms in total. The average Bonchev–Trinajstić information content (AvgIpc) is 2.45. The van der Waals surface area contributed by atoms with Crippen LogP contribution < -0.4 is 5.32 Å². The molecule has 1 unspecified atom stereocenters. The second-order valence-corrected chi connectivity index (χ2v) is 5.12. The molecule has 0 saturated carbocycles. The van der Waals surface area contributed by atoms with Gasteiger partial charge in [0, 0.05) is 18.5 Å². The first-order valence-corrected chi connectivity index (χ1v) is 7.30. The predicted molar refractivity (Wildman–Crippen MR) is 83.9 cm³/mol. The lowest BCUT2D eigenvalue weighted by Gasteiger charge is -2.11. The fourth-order valence-corrected chi connectivity index (χ4v) is 1.96. The van der Waals surface area contributed by atoms with Crippen LogP contribution in [0.2, 0.25) is 0 Å². The van der Waals surface area contributed by atoms with Gasteiger partial charge in [-0.25, -0.2) is 0 Å². The van der Waals surface area contributed by atoms with Gasteiger partial charge in [0.15, 0.2) is 0 Å². The van der Waals surface area contributed by atoms with Crippen molar-refractivity contribution < 1.29 is 14.7 Å². The molecule has 0 heterocycles. The standard InChI is InChI=1S/C17H23NO3/c1-3-14-7-9-15(10-8-14)11-12-16(19)18-13(2)5-4-6-17(20)21/h7-13H,3-6H2,1-2H3,(H,18,19)(H,20,21)/b12-11+. The van der Waals surface area contributed by atoms with E-state index in [4.69, 9.17) is 5.11 Å². The van der Waals surface area contributed by atoms with Gasteiger partial charge in [-0.15, -0.1) is 0 Å². The minimum atomic E-state index is -0.802. The van der Waals surface area contributed by atoms with E-state index in [1.54, 1.807) is 6.08 Å². The Morgan fingerprint density at radius 2 is 1.95 bits per heavy atom. The van der Waals surface area contributed by atoms with Crippen molar-refractivity contribution in [2.45, 2.75) is 45.6 Å². The van der Waals surface area contributed by atoms with E-state index in [1.165, 1.54) is 11.6 Å². The van der Waals surface area contributed by atoms with Crippen LogP contribution in [0.5, 0.6) is 0 Å². The zero-order chi connectivity index (χ0) is 15.7. The van der Waals surface area contributed by atoms with Gasteiger partial charge in [-0.1, -0.05) is 31.2 Å². The molecule has 0 spiro atoms. The smallest absolute Gasteiger partial charge is 0.303 e. The van der Waals surface area contributed by atoms with Crippen LogP contribution in [0.1, 0.15) is 44.2 Å². The molecule has 4 heteroatoms. The highest BCUT2D eigenvalue weighted by molar-refractivity contribution is 5.91. The third kappa shape index (κ3) is 7.30. The number of aryl methyl sites for hydroxylation is 1. The summed E-state index contributed by atoms with van der Waals surface area (Å²) in [5.74, 6) is -0.957. The highest BCUT2D eigenvalue weighted by Gasteiger charge is 2.05. The van der Waals surface area contributed by atoms with Crippen LogP contribution in [0.4, 0.5) is 0 Å². The Morgan fingerprint density at radius 3 is 2.52 bits per heavy atom. The first-order chi connectivity index (χ1) is 10.0. The third-order valence-electron chi connectivity index (χ3n) is 3.23. The van der Waals surface area contributed by atoms with Crippen molar-refractivity contribution in [1.82, 2.24) is 5.32 Å². The van der Waals surface area contributed by atoms with Crippen molar-refractivity contribution in [3.8, 4) is 0 Å². The summed E-state index contributed by atoms with van der Waals surface area (Å²) in [6.07, 6.45) is 5.65. The van der Waals surface area contributed by atoms with E-state index in [9.17, 15) is 9.59 Å². The monoisotopic (exact) mass is 289 g/mol. The molecule has 1 amide bonds. The van der Waals surface area contributed by atoms with E-state index in [0.717, 1.165) is 12.0 Å². The first kappa shape index (κ1) is 17.0. The van der Waals surface area contributed by atoms with Crippen molar-refractivity contribution >= 4 is 18.0 Å². The van der Waals surface area contributed by atoms with E-state index in [0.29, 0.717) is 12.8 Å². The summed E-state index contributed by atoms with van der Waals surface area (Å²) in [5.41, 5.74) is 2.25. The van der Waals surface area contributed by atoms with Gasteiger partial charge in [0.05, 0.1) is 0 Å². The third-order valence-corrected chi connectivity index (χ3v) is 3.23. The topological polar surface area (TPSA) is 66.4 Å². The second kappa shape index (κ2) is 8.95. The zero-order valence-electron chi connectivity index (χ0n) is 12.6. The lowest BCUT2D eigenvalue weighted by atomic mass is 10.1. The number of nitrogens with one attached hydrogen (secondary N) is 1. The van der Waals surface area contributed by atoms with Crippen LogP contribution in [0.3, 0.4) is 0 Å². The Labute approximate surface area is 125 Å². The number of carbonyl (C=O) groups is 2. The summed E-state index contributed by atoms with van der Waals surface area (Å²) in [5, 5.41) is 11.4. The number of hydrogen-bond acceptors (Lipinski definition) is 2. The van der Waals surface area contributed by atoms with Crippen molar-refractivity contribution in [2.24, 2.45) is 0 Å². The number of aliphatic carboxylic acids is 1. The quantitative estimate of drug-likeness (QED) is 0.723. The molecule has 1 rings (SSSR count). The van der Waals surface area contributed by atoms with Gasteiger partial charge in [0.1, 0.15) is 0 Å². The van der Waals surface area contributed by atoms with Crippen LogP contribution in [-0.4, -0.2) is 23.0 Å². The Morgan fingerprint density at radius 1 is 1.29 bits per heavy atom. The van der Waals surface area contributed by atoms with E-state index in [-0.39, 0.29) is 18.4 Å². The van der Waals surface area contributed by atoms with Gasteiger partial charge in [0.25, 0.3) is 0 Å². The van der Waals surface area contributed by atoms with E-state index in [1.807, 2.05) is 31.2 Å². The molecule has 1 aromatic carbocycles. The molecule has 0 fully saturated rings. The van der Waals surface area contributed by atoms with Gasteiger partial charge in [-0.05, 0) is 43.4 Å². The molecule has 0 bridgehead atoms. The summed E-state index contributed by atoms with van der Waals surface area (Å²) < 4.78 is 0. The SMILES string of the molecule is CCc1ccc(/C=C/C(=O)NC(C)CCCC(=O)O)cc1. The fraction of sp³-hybridized carbons (Fsp3) is 0.412. The van der Waals surface area contributed by atoms with Crippen molar-refractivity contribution in [2.75, 3.05) is 0 Å². The molecule has 0 aromatic heterocycles. The average molecular weight is 289 g/mol. The maximum absolute atomic E-state index is 11.7. The molecular formula is C17H23NO3. The number of carboxylic acid groups (broad SMARTS) is 1. The van der Waals surface area contributed by atoms with E-state index in [2.05, 4.69) is 12.2 Å². The summed E-state index contributed by atoms with van der Waals surface area (Å²) in [4.78, 5) is 22.1. The van der Waals surface area contributed by atoms with Crippen LogP contribution in [0.15, 0.2) is 30.3 Å². The van der Waals surface area contributed by atoms with Gasteiger partial charge in [-0.3, -0.25) is 9.59 Å². The molecule has 0 saturated heterocycles. The molecule has 114 valence electrons. The minimum Gasteiger partial charge on any atom is -0.481 e. The maximum Gasteiger partial charge on any atom is 0.303 e.